The van der Waals surface area contributed by atoms with Crippen LogP contribution in [0.25, 0.3) is 21.7 Å². The smallest absolute Gasteiger partial charge is 0.269 e. The molecule has 0 radical (unpaired) electrons. The molecule has 32 heavy (non-hydrogen) atoms. The predicted molar refractivity (Wildman–Crippen MR) is 128 cm³/mol. The summed E-state index contributed by atoms with van der Waals surface area (Å²) in [6.45, 7) is 0. The van der Waals surface area contributed by atoms with Gasteiger partial charge in [0.25, 0.3) is 11.6 Å². The molecular weight excluding hydrogens is 494 g/mol. The van der Waals surface area contributed by atoms with Gasteiger partial charge < -0.3 is 4.74 Å². The number of carbonyl (C=O) groups is 1. The van der Waals surface area contributed by atoms with Crippen LogP contribution in [0.3, 0.4) is 0 Å². The van der Waals surface area contributed by atoms with Crippen molar-refractivity contribution in [1.29, 1.82) is 0 Å². The number of amides is 1. The third-order valence-corrected chi connectivity index (χ3v) is 6.15. The summed E-state index contributed by atoms with van der Waals surface area (Å²) >= 11 is 4.67. The number of methoxy groups -OCH3 is 1. The summed E-state index contributed by atoms with van der Waals surface area (Å²) in [6, 6.07) is 20.7. The fourth-order valence-corrected chi connectivity index (χ4v) is 4.43. The molecule has 3 aromatic carbocycles. The van der Waals surface area contributed by atoms with Crippen molar-refractivity contribution in [3.05, 3.63) is 92.9 Å². The number of nitrogens with zero attached hydrogens (tertiary/aromatic N) is 2. The zero-order chi connectivity index (χ0) is 22.7. The van der Waals surface area contributed by atoms with E-state index in [4.69, 9.17) is 4.74 Å². The first-order chi connectivity index (χ1) is 15.4. The molecule has 0 aliphatic carbocycles. The van der Waals surface area contributed by atoms with Crippen molar-refractivity contribution in [2.75, 3.05) is 12.4 Å². The Morgan fingerprint density at radius 3 is 2.38 bits per heavy atom. The molecule has 0 aliphatic heterocycles. The minimum absolute atomic E-state index is 0.00689. The number of nitro groups is 1. The topological polar surface area (TPSA) is 94.4 Å². The first-order valence-electron chi connectivity index (χ1n) is 9.41. The van der Waals surface area contributed by atoms with Crippen LogP contribution in [-0.2, 0) is 0 Å². The second-order valence-corrected chi connectivity index (χ2v) is 8.61. The maximum atomic E-state index is 12.7. The zero-order valence-electron chi connectivity index (χ0n) is 16.7. The van der Waals surface area contributed by atoms with Crippen molar-refractivity contribution in [1.82, 2.24) is 4.98 Å². The van der Waals surface area contributed by atoms with Crippen LogP contribution < -0.4 is 10.1 Å². The Kier molecular flexibility index (Phi) is 6.29. The number of aromatic nitrogens is 1. The second-order valence-electron chi connectivity index (χ2n) is 6.69. The maximum Gasteiger partial charge on any atom is 0.269 e. The molecule has 4 rings (SSSR count). The highest BCUT2D eigenvalue weighted by atomic mass is 79.9. The lowest BCUT2D eigenvalue weighted by molar-refractivity contribution is -0.384. The molecule has 0 aliphatic rings. The summed E-state index contributed by atoms with van der Waals surface area (Å²) in [5, 5.41) is 14.3. The van der Waals surface area contributed by atoms with Crippen LogP contribution in [0.15, 0.2) is 77.3 Å². The number of thiazole rings is 1. The molecule has 7 nitrogen and oxygen atoms in total. The average Bonchev–Trinajstić information content (AvgIpc) is 3.23. The molecule has 0 fully saturated rings. The molecule has 1 aromatic heterocycles. The van der Waals surface area contributed by atoms with E-state index in [9.17, 15) is 14.9 Å². The van der Waals surface area contributed by atoms with E-state index in [1.807, 2.05) is 30.3 Å². The highest BCUT2D eigenvalue weighted by Gasteiger charge is 2.18. The third-order valence-electron chi connectivity index (χ3n) is 4.64. The largest absolute Gasteiger partial charge is 0.497 e. The van der Waals surface area contributed by atoms with E-state index in [1.54, 1.807) is 37.4 Å². The minimum Gasteiger partial charge on any atom is -0.497 e. The zero-order valence-corrected chi connectivity index (χ0v) is 19.1. The lowest BCUT2D eigenvalue weighted by Crippen LogP contribution is -2.11. The number of nitrogens with one attached hydrogen (secondary N) is 1. The van der Waals surface area contributed by atoms with Crippen molar-refractivity contribution in [2.45, 2.75) is 0 Å². The van der Waals surface area contributed by atoms with Gasteiger partial charge >= 0.3 is 0 Å². The number of nitro benzene ring substituents is 1. The number of halogens is 1. The van der Waals surface area contributed by atoms with E-state index in [-0.39, 0.29) is 11.6 Å². The van der Waals surface area contributed by atoms with Crippen LogP contribution in [-0.4, -0.2) is 22.9 Å². The Hall–Kier alpha value is -3.56. The van der Waals surface area contributed by atoms with Gasteiger partial charge in [0.2, 0.25) is 0 Å². The average molecular weight is 510 g/mol. The Labute approximate surface area is 196 Å². The first-order valence-corrected chi connectivity index (χ1v) is 11.0. The first kappa shape index (κ1) is 21.7. The lowest BCUT2D eigenvalue weighted by atomic mass is 10.1. The molecule has 0 bridgehead atoms. The number of rotatable bonds is 6. The van der Waals surface area contributed by atoms with E-state index >= 15 is 0 Å². The van der Waals surface area contributed by atoms with Crippen molar-refractivity contribution in [3.8, 4) is 27.4 Å². The van der Waals surface area contributed by atoms with Gasteiger partial charge in [-0.1, -0.05) is 33.3 Å². The number of carbonyl (C=O) groups excluding carboxylic acids is 1. The fraction of sp³-hybridized carbons (Fsp3) is 0.0435. The Morgan fingerprint density at radius 1 is 1.06 bits per heavy atom. The van der Waals surface area contributed by atoms with E-state index in [0.717, 1.165) is 20.5 Å². The van der Waals surface area contributed by atoms with Gasteiger partial charge in [0.15, 0.2) is 5.13 Å². The van der Waals surface area contributed by atoms with E-state index in [1.165, 1.54) is 23.5 Å². The van der Waals surface area contributed by atoms with Gasteiger partial charge in [-0.05, 0) is 60.2 Å². The number of hydrogen-bond acceptors (Lipinski definition) is 6. The minimum atomic E-state index is -0.440. The summed E-state index contributed by atoms with van der Waals surface area (Å²) in [7, 11) is 1.59. The molecule has 9 heteroatoms. The van der Waals surface area contributed by atoms with E-state index in [0.29, 0.717) is 22.1 Å². The van der Waals surface area contributed by atoms with Crippen LogP contribution in [0, 0.1) is 10.1 Å². The van der Waals surface area contributed by atoms with Crippen LogP contribution in [0.4, 0.5) is 10.8 Å². The van der Waals surface area contributed by atoms with Crippen molar-refractivity contribution >= 4 is 44.0 Å². The SMILES string of the molecule is COc1ccc(-c2nc(NC(=O)c3cccc(Br)c3)sc2-c2ccc([N+](=O)[O-])cc2)cc1. The maximum absolute atomic E-state index is 12.7. The van der Waals surface area contributed by atoms with Gasteiger partial charge in [0.05, 0.1) is 22.6 Å². The molecule has 0 saturated carbocycles. The van der Waals surface area contributed by atoms with Crippen LogP contribution in [0.1, 0.15) is 10.4 Å². The molecule has 1 amide bonds. The summed E-state index contributed by atoms with van der Waals surface area (Å²) in [5.74, 6) is 0.431. The highest BCUT2D eigenvalue weighted by molar-refractivity contribution is 9.10. The van der Waals surface area contributed by atoms with Crippen molar-refractivity contribution < 1.29 is 14.5 Å². The van der Waals surface area contributed by atoms with Gasteiger partial charge in [-0.15, -0.1) is 0 Å². The number of ether oxygens (including phenoxy) is 1. The highest BCUT2D eigenvalue weighted by Crippen LogP contribution is 2.40. The molecule has 4 aromatic rings. The van der Waals surface area contributed by atoms with Crippen LogP contribution >= 0.6 is 27.3 Å². The van der Waals surface area contributed by atoms with Gasteiger partial charge in [-0.25, -0.2) is 4.98 Å². The van der Waals surface area contributed by atoms with Gasteiger partial charge in [0.1, 0.15) is 5.75 Å². The molecule has 0 atom stereocenters. The summed E-state index contributed by atoms with van der Waals surface area (Å²) in [4.78, 5) is 28.7. The molecule has 0 spiro atoms. The van der Waals surface area contributed by atoms with Crippen LogP contribution in [0.2, 0.25) is 0 Å². The Balaban J connectivity index is 1.73. The standard InChI is InChI=1S/C23H16BrN3O4S/c1-31-19-11-7-14(8-12-19)20-21(15-5-9-18(10-6-15)27(29)30)32-23(25-20)26-22(28)16-3-2-4-17(24)13-16/h2-13H,1H3,(H,25,26,28). The van der Waals surface area contributed by atoms with Gasteiger partial charge in [-0.2, -0.15) is 0 Å². The molecule has 1 heterocycles. The van der Waals surface area contributed by atoms with Crippen LogP contribution in [0.5, 0.6) is 5.75 Å². The molecular formula is C23H16BrN3O4S. The molecule has 160 valence electrons. The molecule has 1 N–H and O–H groups in total. The van der Waals surface area contributed by atoms with Gasteiger partial charge in [0, 0.05) is 27.7 Å². The van der Waals surface area contributed by atoms with E-state index in [2.05, 4.69) is 26.2 Å². The molecule has 0 saturated heterocycles. The normalized spacial score (nSPS) is 10.6. The number of anilines is 1. The predicted octanol–water partition coefficient (Wildman–Crippen LogP) is 6.41. The monoisotopic (exact) mass is 509 g/mol. The lowest BCUT2D eigenvalue weighted by Gasteiger charge is -2.04. The van der Waals surface area contributed by atoms with Crippen molar-refractivity contribution in [3.63, 3.8) is 0 Å². The quantitative estimate of drug-likeness (QED) is 0.239. The van der Waals surface area contributed by atoms with E-state index < -0.39 is 4.92 Å². The third kappa shape index (κ3) is 4.68. The summed E-state index contributed by atoms with van der Waals surface area (Å²) in [6.07, 6.45) is 0. The Morgan fingerprint density at radius 2 is 1.75 bits per heavy atom. The number of hydrogen-bond donors (Lipinski definition) is 1. The van der Waals surface area contributed by atoms with Gasteiger partial charge in [-0.3, -0.25) is 20.2 Å². The van der Waals surface area contributed by atoms with Crippen molar-refractivity contribution in [2.24, 2.45) is 0 Å². The molecule has 0 unspecified atom stereocenters. The fourth-order valence-electron chi connectivity index (χ4n) is 3.05. The summed E-state index contributed by atoms with van der Waals surface area (Å²) < 4.78 is 6.03. The Bertz CT molecular complexity index is 1290. The number of benzene rings is 3. The second kappa shape index (κ2) is 9.29. The summed E-state index contributed by atoms with van der Waals surface area (Å²) in [5.41, 5.74) is 2.76. The number of non-ortho nitro benzene ring substituents is 1.